The van der Waals surface area contributed by atoms with E-state index < -0.39 is 28.7 Å². The van der Waals surface area contributed by atoms with Gasteiger partial charge in [-0.3, -0.25) is 14.4 Å². The Bertz CT molecular complexity index is 1180. The van der Waals surface area contributed by atoms with Crippen LogP contribution in [0.5, 0.6) is 0 Å². The van der Waals surface area contributed by atoms with Crippen LogP contribution in [0.1, 0.15) is 39.2 Å². The highest BCUT2D eigenvalue weighted by molar-refractivity contribution is 8.02. The second-order valence-electron chi connectivity index (χ2n) is 11.0. The minimum Gasteiger partial charge on any atom is -0.394 e. The first-order valence-corrected chi connectivity index (χ1v) is 14.5. The van der Waals surface area contributed by atoms with E-state index in [1.54, 1.807) is 16.7 Å². The Morgan fingerprint density at radius 1 is 1.11 bits per heavy atom. The highest BCUT2D eigenvalue weighted by atomic mass is 32.2. The predicted octanol–water partition coefficient (Wildman–Crippen LogP) is 3.69. The van der Waals surface area contributed by atoms with E-state index in [0.717, 1.165) is 18.4 Å². The maximum atomic E-state index is 14.3. The number of aliphatic hydroxyl groups is 1. The first-order chi connectivity index (χ1) is 18.3. The van der Waals surface area contributed by atoms with Gasteiger partial charge in [-0.1, -0.05) is 75.7 Å². The van der Waals surface area contributed by atoms with E-state index >= 15 is 0 Å². The van der Waals surface area contributed by atoms with Crippen LogP contribution >= 0.6 is 11.8 Å². The molecule has 38 heavy (non-hydrogen) atoms. The summed E-state index contributed by atoms with van der Waals surface area (Å²) in [4.78, 5) is 43.7. The Morgan fingerprint density at radius 2 is 1.76 bits per heavy atom. The van der Waals surface area contributed by atoms with E-state index in [0.29, 0.717) is 12.2 Å². The van der Waals surface area contributed by atoms with Crippen molar-refractivity contribution in [3.05, 3.63) is 66.2 Å². The third-order valence-corrected chi connectivity index (χ3v) is 11.0. The third-order valence-electron chi connectivity index (χ3n) is 8.93. The summed E-state index contributed by atoms with van der Waals surface area (Å²) in [6, 6.07) is 17.7. The summed E-state index contributed by atoms with van der Waals surface area (Å²) in [5.41, 5.74) is 1.67. The second-order valence-corrected chi connectivity index (χ2v) is 12.5. The Kier molecular flexibility index (Phi) is 7.56. The van der Waals surface area contributed by atoms with Crippen molar-refractivity contribution in [1.29, 1.82) is 0 Å². The van der Waals surface area contributed by atoms with Crippen molar-refractivity contribution in [3.8, 4) is 0 Å². The molecule has 2 aromatic carbocycles. The van der Waals surface area contributed by atoms with Gasteiger partial charge in [0, 0.05) is 17.5 Å². The molecular formula is C30H37N3O4S. The van der Waals surface area contributed by atoms with Crippen LogP contribution in [0.3, 0.4) is 0 Å². The molecule has 3 heterocycles. The van der Waals surface area contributed by atoms with Crippen LogP contribution in [0.2, 0.25) is 0 Å². The van der Waals surface area contributed by atoms with Crippen LogP contribution in [0.15, 0.2) is 60.7 Å². The van der Waals surface area contributed by atoms with Crippen molar-refractivity contribution in [2.45, 2.75) is 62.2 Å². The molecule has 3 fully saturated rings. The number of amides is 3. The number of rotatable bonds is 9. The number of thioether (sulfide) groups is 1. The molecule has 8 atom stereocenters. The fourth-order valence-corrected chi connectivity index (χ4v) is 9.27. The molecule has 2 aromatic rings. The molecule has 3 aliphatic rings. The molecule has 1 spiro atoms. The van der Waals surface area contributed by atoms with Gasteiger partial charge in [-0.05, 0) is 36.0 Å². The fraction of sp³-hybridized carbons (Fsp3) is 0.500. The minimum atomic E-state index is -0.755. The number of nitrogens with zero attached hydrogens (tertiary/aromatic N) is 1. The van der Waals surface area contributed by atoms with E-state index in [2.05, 4.69) is 17.6 Å². The van der Waals surface area contributed by atoms with Crippen molar-refractivity contribution < 1.29 is 19.5 Å². The summed E-state index contributed by atoms with van der Waals surface area (Å²) in [5, 5.41) is 16.5. The number of likely N-dealkylation sites (tertiary alicyclic amines) is 1. The molecule has 3 saturated heterocycles. The lowest BCUT2D eigenvalue weighted by molar-refractivity contribution is -0.143. The number of anilines is 1. The topological polar surface area (TPSA) is 98.7 Å². The first kappa shape index (κ1) is 26.8. The monoisotopic (exact) mass is 535 g/mol. The Balaban J connectivity index is 1.51. The molecule has 3 unspecified atom stereocenters. The number of para-hydroxylation sites is 1. The SMILES string of the molecule is CC[C@H](C)[C@H](CO)N1C(=O)[C@@H]2[C@@H](C(=O)Nc3ccccc3)[C@H]3CC(C)C2(S3)C1C(=O)NCc1ccccc1. The van der Waals surface area contributed by atoms with Crippen molar-refractivity contribution in [2.24, 2.45) is 23.7 Å². The number of hydrogen-bond acceptors (Lipinski definition) is 5. The van der Waals surface area contributed by atoms with Crippen molar-refractivity contribution >= 4 is 35.2 Å². The van der Waals surface area contributed by atoms with E-state index in [4.69, 9.17) is 0 Å². The number of benzene rings is 2. The minimum absolute atomic E-state index is 0.00213. The van der Waals surface area contributed by atoms with Crippen LogP contribution in [0, 0.1) is 23.7 Å². The summed E-state index contributed by atoms with van der Waals surface area (Å²) >= 11 is 1.65. The lowest BCUT2D eigenvalue weighted by atomic mass is 9.66. The molecule has 7 nitrogen and oxygen atoms in total. The molecule has 202 valence electrons. The molecule has 0 aromatic heterocycles. The van der Waals surface area contributed by atoms with Crippen LogP contribution < -0.4 is 10.6 Å². The summed E-state index contributed by atoms with van der Waals surface area (Å²) in [7, 11) is 0. The Morgan fingerprint density at radius 3 is 2.39 bits per heavy atom. The predicted molar refractivity (Wildman–Crippen MR) is 149 cm³/mol. The summed E-state index contributed by atoms with van der Waals surface area (Å²) in [6.45, 7) is 6.27. The average Bonchev–Trinajstić information content (AvgIpc) is 3.52. The normalized spacial score (nSPS) is 31.1. The van der Waals surface area contributed by atoms with Gasteiger partial charge < -0.3 is 20.6 Å². The number of nitrogens with one attached hydrogen (secondary N) is 2. The van der Waals surface area contributed by atoms with E-state index in [9.17, 15) is 19.5 Å². The molecular weight excluding hydrogens is 498 g/mol. The Hall–Kier alpha value is -2.84. The highest BCUT2D eigenvalue weighted by Gasteiger charge is 2.76. The molecule has 3 amide bonds. The van der Waals surface area contributed by atoms with Crippen LogP contribution in [-0.2, 0) is 20.9 Å². The van der Waals surface area contributed by atoms with Gasteiger partial charge in [-0.2, -0.15) is 0 Å². The molecule has 8 heteroatoms. The van der Waals surface area contributed by atoms with Crippen molar-refractivity contribution in [2.75, 3.05) is 11.9 Å². The smallest absolute Gasteiger partial charge is 0.244 e. The van der Waals surface area contributed by atoms with E-state index in [-0.39, 0.29) is 41.4 Å². The molecule has 0 saturated carbocycles. The van der Waals surface area contributed by atoms with E-state index in [1.165, 1.54) is 0 Å². The second kappa shape index (κ2) is 10.7. The van der Waals surface area contributed by atoms with Crippen LogP contribution in [0.25, 0.3) is 0 Å². The quantitative estimate of drug-likeness (QED) is 0.455. The number of fused-ring (bicyclic) bond motifs is 1. The van der Waals surface area contributed by atoms with Crippen LogP contribution in [-0.4, -0.2) is 56.4 Å². The molecule has 0 radical (unpaired) electrons. The maximum absolute atomic E-state index is 14.3. The van der Waals surface area contributed by atoms with Gasteiger partial charge in [-0.25, -0.2) is 0 Å². The summed E-state index contributed by atoms with van der Waals surface area (Å²) in [5.74, 6) is -1.64. The zero-order valence-electron chi connectivity index (χ0n) is 22.2. The number of carbonyl (C=O) groups is 3. The van der Waals surface area contributed by atoms with Gasteiger partial charge >= 0.3 is 0 Å². The zero-order valence-corrected chi connectivity index (χ0v) is 23.0. The van der Waals surface area contributed by atoms with Gasteiger partial charge in [0.2, 0.25) is 17.7 Å². The summed E-state index contributed by atoms with van der Waals surface area (Å²) < 4.78 is -0.720. The van der Waals surface area contributed by atoms with Crippen LogP contribution in [0.4, 0.5) is 5.69 Å². The number of hydrogen-bond donors (Lipinski definition) is 3. The molecule has 3 aliphatic heterocycles. The number of aliphatic hydroxyl groups excluding tert-OH is 1. The fourth-order valence-electron chi connectivity index (χ4n) is 6.86. The van der Waals surface area contributed by atoms with E-state index in [1.807, 2.05) is 74.5 Å². The largest absolute Gasteiger partial charge is 0.394 e. The highest BCUT2D eigenvalue weighted by Crippen LogP contribution is 2.69. The van der Waals surface area contributed by atoms with Gasteiger partial charge in [0.05, 0.1) is 29.2 Å². The van der Waals surface area contributed by atoms with Gasteiger partial charge in [0.1, 0.15) is 6.04 Å². The van der Waals surface area contributed by atoms with Gasteiger partial charge in [-0.15, -0.1) is 11.8 Å². The molecule has 5 rings (SSSR count). The van der Waals surface area contributed by atoms with Gasteiger partial charge in [0.25, 0.3) is 0 Å². The summed E-state index contributed by atoms with van der Waals surface area (Å²) in [6.07, 6.45) is 1.53. The average molecular weight is 536 g/mol. The van der Waals surface area contributed by atoms with Crippen molar-refractivity contribution in [3.63, 3.8) is 0 Å². The zero-order chi connectivity index (χ0) is 27.0. The first-order valence-electron chi connectivity index (χ1n) is 13.6. The standard InChI is InChI=1S/C30H37N3O4S/c1-4-18(2)22(17-34)33-26(28(36)31-16-20-11-7-5-8-12-20)30-19(3)15-23(38-30)24(25(30)29(33)37)27(35)32-21-13-9-6-10-14-21/h5-14,18-19,22-26,34H,4,15-17H2,1-3H3,(H,31,36)(H,32,35)/t18-,19?,22-,23+,24-,25-,26?,30?/m0/s1. The lowest BCUT2D eigenvalue weighted by Gasteiger charge is -2.41. The number of carbonyl (C=O) groups excluding carboxylic acids is 3. The van der Waals surface area contributed by atoms with Crippen molar-refractivity contribution in [1.82, 2.24) is 10.2 Å². The molecule has 2 bridgehead atoms. The third kappa shape index (κ3) is 4.31. The Labute approximate surface area is 228 Å². The van der Waals surface area contributed by atoms with Gasteiger partial charge in [0.15, 0.2) is 0 Å². The molecule has 3 N–H and O–H groups in total. The maximum Gasteiger partial charge on any atom is 0.244 e. The lowest BCUT2D eigenvalue weighted by Crippen LogP contribution is -2.59. The molecule has 0 aliphatic carbocycles.